The van der Waals surface area contributed by atoms with Crippen molar-refractivity contribution in [3.05, 3.63) is 54.4 Å². The van der Waals surface area contributed by atoms with Crippen molar-refractivity contribution < 1.29 is 14.3 Å². The first-order valence-corrected chi connectivity index (χ1v) is 8.29. The molecule has 1 saturated heterocycles. The van der Waals surface area contributed by atoms with E-state index in [2.05, 4.69) is 10.3 Å². The average molecular weight is 339 g/mol. The maximum absolute atomic E-state index is 12.4. The third-order valence-electron chi connectivity index (χ3n) is 4.33. The molecule has 1 aromatic heterocycles. The van der Waals surface area contributed by atoms with Crippen molar-refractivity contribution >= 4 is 17.5 Å². The minimum atomic E-state index is -0.338. The van der Waals surface area contributed by atoms with Crippen molar-refractivity contribution in [3.8, 4) is 5.75 Å². The van der Waals surface area contributed by atoms with E-state index in [1.807, 2.05) is 36.4 Å². The SMILES string of the molecule is COc1ccccc1N1CC(C(=O)NCCc2ccncc2)CC1=O. The summed E-state index contributed by atoms with van der Waals surface area (Å²) in [6, 6.07) is 11.2. The maximum atomic E-state index is 12.4. The molecular formula is C19H21N3O3. The first-order chi connectivity index (χ1) is 12.2. The Labute approximate surface area is 146 Å². The molecule has 0 bridgehead atoms. The molecule has 0 aliphatic carbocycles. The summed E-state index contributed by atoms with van der Waals surface area (Å²) in [6.45, 7) is 0.919. The first kappa shape index (κ1) is 17.0. The Morgan fingerprint density at radius 1 is 1.28 bits per heavy atom. The number of rotatable bonds is 6. The Kier molecular flexibility index (Phi) is 5.28. The van der Waals surface area contributed by atoms with Crippen molar-refractivity contribution in [1.29, 1.82) is 0 Å². The van der Waals surface area contributed by atoms with Crippen LogP contribution in [0.15, 0.2) is 48.8 Å². The monoisotopic (exact) mass is 339 g/mol. The summed E-state index contributed by atoms with van der Waals surface area (Å²) in [5, 5.41) is 2.92. The molecule has 6 heteroatoms. The smallest absolute Gasteiger partial charge is 0.227 e. The second kappa shape index (κ2) is 7.79. The largest absolute Gasteiger partial charge is 0.495 e. The molecule has 25 heavy (non-hydrogen) atoms. The highest BCUT2D eigenvalue weighted by molar-refractivity contribution is 6.01. The molecule has 0 saturated carbocycles. The van der Waals surface area contributed by atoms with Crippen LogP contribution >= 0.6 is 0 Å². The average Bonchev–Trinajstić information content (AvgIpc) is 3.04. The number of hydrogen-bond acceptors (Lipinski definition) is 4. The fraction of sp³-hybridized carbons (Fsp3) is 0.316. The number of ether oxygens (including phenoxy) is 1. The highest BCUT2D eigenvalue weighted by Crippen LogP contribution is 2.32. The summed E-state index contributed by atoms with van der Waals surface area (Å²) in [7, 11) is 1.57. The maximum Gasteiger partial charge on any atom is 0.227 e. The molecule has 1 atom stereocenters. The van der Waals surface area contributed by atoms with Crippen LogP contribution in [0.25, 0.3) is 0 Å². The van der Waals surface area contributed by atoms with Crippen LogP contribution in [0.1, 0.15) is 12.0 Å². The molecule has 1 aliphatic heterocycles. The van der Waals surface area contributed by atoms with Gasteiger partial charge in [0.25, 0.3) is 0 Å². The van der Waals surface area contributed by atoms with Crippen LogP contribution in [0.2, 0.25) is 0 Å². The number of para-hydroxylation sites is 2. The Bertz CT molecular complexity index is 749. The molecule has 2 aromatic rings. The molecule has 2 amide bonds. The molecular weight excluding hydrogens is 318 g/mol. The summed E-state index contributed by atoms with van der Waals surface area (Å²) in [6.07, 6.45) is 4.43. The van der Waals surface area contributed by atoms with Crippen LogP contribution in [0.5, 0.6) is 5.75 Å². The number of amides is 2. The van der Waals surface area contributed by atoms with E-state index in [0.29, 0.717) is 24.5 Å². The lowest BCUT2D eigenvalue weighted by molar-refractivity contribution is -0.126. The zero-order valence-electron chi connectivity index (χ0n) is 14.1. The Morgan fingerprint density at radius 2 is 2.04 bits per heavy atom. The second-order valence-electron chi connectivity index (χ2n) is 5.97. The van der Waals surface area contributed by atoms with Crippen molar-refractivity contribution in [1.82, 2.24) is 10.3 Å². The molecule has 6 nitrogen and oxygen atoms in total. The van der Waals surface area contributed by atoms with E-state index in [1.54, 1.807) is 24.4 Å². The molecule has 1 aromatic carbocycles. The molecule has 0 radical (unpaired) electrons. The Balaban J connectivity index is 1.57. The molecule has 1 aliphatic rings. The summed E-state index contributed by atoms with van der Waals surface area (Å²) in [5.74, 6) is 0.156. The van der Waals surface area contributed by atoms with Crippen LogP contribution in [-0.2, 0) is 16.0 Å². The predicted molar refractivity (Wildman–Crippen MR) is 94.4 cm³/mol. The van der Waals surface area contributed by atoms with Crippen LogP contribution < -0.4 is 15.0 Å². The van der Waals surface area contributed by atoms with E-state index in [4.69, 9.17) is 4.74 Å². The fourth-order valence-electron chi connectivity index (χ4n) is 2.99. The number of pyridine rings is 1. The van der Waals surface area contributed by atoms with Gasteiger partial charge in [-0.25, -0.2) is 0 Å². The Hall–Kier alpha value is -2.89. The number of methoxy groups -OCH3 is 1. The molecule has 2 heterocycles. The highest BCUT2D eigenvalue weighted by atomic mass is 16.5. The van der Waals surface area contributed by atoms with Crippen molar-refractivity contribution in [2.45, 2.75) is 12.8 Å². The molecule has 0 spiro atoms. The minimum absolute atomic E-state index is 0.0567. The van der Waals surface area contributed by atoms with Gasteiger partial charge in [-0.3, -0.25) is 14.6 Å². The van der Waals surface area contributed by atoms with Gasteiger partial charge in [0.05, 0.1) is 18.7 Å². The van der Waals surface area contributed by atoms with Crippen LogP contribution in [-0.4, -0.2) is 37.0 Å². The molecule has 1 fully saturated rings. The summed E-state index contributed by atoms with van der Waals surface area (Å²) < 4.78 is 5.32. The van der Waals surface area contributed by atoms with Gasteiger partial charge in [0.15, 0.2) is 0 Å². The number of carbonyl (C=O) groups excluding carboxylic acids is 2. The van der Waals surface area contributed by atoms with E-state index >= 15 is 0 Å². The number of nitrogens with zero attached hydrogens (tertiary/aromatic N) is 2. The lowest BCUT2D eigenvalue weighted by Gasteiger charge is -2.19. The molecule has 3 rings (SSSR count). The third kappa shape index (κ3) is 3.96. The van der Waals surface area contributed by atoms with Gasteiger partial charge in [-0.05, 0) is 36.2 Å². The van der Waals surface area contributed by atoms with Gasteiger partial charge in [-0.15, -0.1) is 0 Å². The molecule has 1 N–H and O–H groups in total. The van der Waals surface area contributed by atoms with Gasteiger partial charge in [0.2, 0.25) is 11.8 Å². The zero-order valence-corrected chi connectivity index (χ0v) is 14.1. The van der Waals surface area contributed by atoms with E-state index < -0.39 is 0 Å². The summed E-state index contributed by atoms with van der Waals surface area (Å²) >= 11 is 0. The number of nitrogens with one attached hydrogen (secondary N) is 1. The van der Waals surface area contributed by atoms with E-state index in [0.717, 1.165) is 12.0 Å². The first-order valence-electron chi connectivity index (χ1n) is 8.29. The van der Waals surface area contributed by atoms with Gasteiger partial charge in [0, 0.05) is 31.9 Å². The number of aromatic nitrogens is 1. The van der Waals surface area contributed by atoms with E-state index in [-0.39, 0.29) is 24.2 Å². The number of hydrogen-bond donors (Lipinski definition) is 1. The number of benzene rings is 1. The second-order valence-corrected chi connectivity index (χ2v) is 5.97. The van der Waals surface area contributed by atoms with Crippen molar-refractivity contribution in [3.63, 3.8) is 0 Å². The zero-order chi connectivity index (χ0) is 17.6. The number of carbonyl (C=O) groups is 2. The van der Waals surface area contributed by atoms with Gasteiger partial charge in [-0.1, -0.05) is 12.1 Å². The van der Waals surface area contributed by atoms with Crippen molar-refractivity contribution in [2.75, 3.05) is 25.1 Å². The quantitative estimate of drug-likeness (QED) is 0.871. The lowest BCUT2D eigenvalue weighted by atomic mass is 10.1. The number of anilines is 1. The molecule has 130 valence electrons. The normalized spacial score (nSPS) is 16.8. The predicted octanol–water partition coefficient (Wildman–Crippen LogP) is 1.80. The van der Waals surface area contributed by atoms with Gasteiger partial charge in [0.1, 0.15) is 5.75 Å². The standard InChI is InChI=1S/C19H21N3O3/c1-25-17-5-3-2-4-16(17)22-13-15(12-18(22)23)19(24)21-11-8-14-6-9-20-10-7-14/h2-7,9-10,15H,8,11-13H2,1H3,(H,21,24). The lowest BCUT2D eigenvalue weighted by Crippen LogP contribution is -2.34. The van der Waals surface area contributed by atoms with Crippen LogP contribution in [0.3, 0.4) is 0 Å². The van der Waals surface area contributed by atoms with E-state index in [9.17, 15) is 9.59 Å². The topological polar surface area (TPSA) is 71.5 Å². The fourth-order valence-corrected chi connectivity index (χ4v) is 2.99. The summed E-state index contributed by atoms with van der Waals surface area (Å²) in [4.78, 5) is 30.3. The van der Waals surface area contributed by atoms with Gasteiger partial charge in [-0.2, -0.15) is 0 Å². The van der Waals surface area contributed by atoms with E-state index in [1.165, 1.54) is 0 Å². The summed E-state index contributed by atoms with van der Waals surface area (Å²) in [5.41, 5.74) is 1.83. The minimum Gasteiger partial charge on any atom is -0.495 e. The van der Waals surface area contributed by atoms with Gasteiger partial charge >= 0.3 is 0 Å². The van der Waals surface area contributed by atoms with Crippen LogP contribution in [0.4, 0.5) is 5.69 Å². The van der Waals surface area contributed by atoms with Crippen molar-refractivity contribution in [2.24, 2.45) is 5.92 Å². The third-order valence-corrected chi connectivity index (χ3v) is 4.33. The Morgan fingerprint density at radius 3 is 2.80 bits per heavy atom. The van der Waals surface area contributed by atoms with Gasteiger partial charge < -0.3 is 15.0 Å². The molecule has 1 unspecified atom stereocenters. The van der Waals surface area contributed by atoms with Crippen LogP contribution in [0, 0.1) is 5.92 Å². The highest BCUT2D eigenvalue weighted by Gasteiger charge is 2.35.